The molecule has 0 unspecified atom stereocenters. The molecule has 0 saturated carbocycles. The molecule has 44 valence electrons. The van der Waals surface area contributed by atoms with Gasteiger partial charge in [-0.2, -0.15) is 0 Å². The summed E-state index contributed by atoms with van der Waals surface area (Å²) in [6.07, 6.45) is 0. The van der Waals surface area contributed by atoms with Gasteiger partial charge in [0.15, 0.2) is 0 Å². The zero-order chi connectivity index (χ0) is 2.00. The van der Waals surface area contributed by atoms with Crippen LogP contribution in [0.4, 0.5) is 0 Å². The first-order valence-electron chi connectivity index (χ1n) is 0.500. The summed E-state index contributed by atoms with van der Waals surface area (Å²) >= 11 is 0. The second kappa shape index (κ2) is 654. The molecule has 0 aliphatic carbocycles. The van der Waals surface area contributed by atoms with Gasteiger partial charge in [-0.1, -0.05) is 16.8 Å². The number of rotatable bonds is 0. The van der Waals surface area contributed by atoms with E-state index in [1.54, 1.807) is 0 Å². The molecule has 0 bridgehead atoms. The Kier molecular flexibility index (Phi) is 12500. The van der Waals surface area contributed by atoms with E-state index in [0.29, 0.717) is 0 Å². The van der Waals surface area contributed by atoms with Gasteiger partial charge in [0.2, 0.25) is 0 Å². The Labute approximate surface area is 65.6 Å². The van der Waals surface area contributed by atoms with E-state index in [-0.39, 0.29) is 52.2 Å². The van der Waals surface area contributed by atoms with Crippen molar-refractivity contribution in [2.75, 3.05) is 0 Å². The van der Waals surface area contributed by atoms with Crippen LogP contribution in [-0.2, 0) is 0 Å². The van der Waals surface area contributed by atoms with Crippen LogP contribution in [0.1, 0.15) is 0 Å². The number of hydrogen-bond donors (Lipinski definition) is 2. The molecule has 2 nitrogen and oxygen atoms in total. The van der Waals surface area contributed by atoms with Crippen molar-refractivity contribution in [3.8, 4) is 0 Å². The molecular weight excluding hydrogens is 98.0 g/mol. The molecule has 0 atom stereocenters. The predicted octanol–water partition coefficient (Wildman–Crippen LogP) is -2.16. The smallest absolute Gasteiger partial charge is 0.344 e. The van der Waals surface area contributed by atoms with Gasteiger partial charge in [0.25, 0.3) is 0 Å². The van der Waals surface area contributed by atoms with Gasteiger partial charge in [-0.25, -0.2) is 0 Å². The minimum absolute atomic E-state index is 0. The fourth-order valence-electron chi connectivity index (χ4n) is 0. The van der Waals surface area contributed by atoms with Crippen molar-refractivity contribution in [1.29, 1.82) is 0 Å². The molecule has 0 aliphatic rings. The molecule has 7 heavy (non-hydrogen) atoms. The van der Waals surface area contributed by atoms with Gasteiger partial charge < -0.3 is 12.3 Å². The summed E-state index contributed by atoms with van der Waals surface area (Å²) in [6, 6.07) is 0. The summed E-state index contributed by atoms with van der Waals surface area (Å²) in [7, 11) is 0. The summed E-state index contributed by atoms with van der Waals surface area (Å²) in [6.45, 7) is 6.00. The SMILES string of the molecule is C=C.N.N.[BH4-].[BH4-].[Mg+2]. The maximum absolute atomic E-state index is 3.00. The van der Waals surface area contributed by atoms with E-state index < -0.39 is 0 Å². The average molecular weight is 116 g/mol. The van der Waals surface area contributed by atoms with Gasteiger partial charge in [0, 0.05) is 0 Å². The topological polar surface area (TPSA) is 70.0 Å². The maximum Gasteiger partial charge on any atom is 2.00 e. The minimum atomic E-state index is 0. The fraction of sp³-hybridized carbons (Fsp3) is 0. The second-order valence-electron chi connectivity index (χ2n) is 0. The Morgan fingerprint density at radius 2 is 0.714 bits per heavy atom. The Morgan fingerprint density at radius 1 is 0.714 bits per heavy atom. The molecular formula is C2H18B2MgN2. The van der Waals surface area contributed by atoms with Gasteiger partial charge in [-0.05, 0) is 0 Å². The van der Waals surface area contributed by atoms with Crippen LogP contribution >= 0.6 is 0 Å². The van der Waals surface area contributed by atoms with Crippen molar-refractivity contribution in [2.24, 2.45) is 0 Å². The molecule has 0 rings (SSSR count). The molecule has 0 saturated heterocycles. The van der Waals surface area contributed by atoms with Crippen molar-refractivity contribution in [2.45, 2.75) is 0 Å². The van der Waals surface area contributed by atoms with Crippen molar-refractivity contribution in [3.05, 3.63) is 13.2 Å². The van der Waals surface area contributed by atoms with Gasteiger partial charge in [-0.15, -0.1) is 13.2 Å². The normalized spacial score (nSPS) is 0.571. The molecule has 0 heterocycles. The van der Waals surface area contributed by atoms with Gasteiger partial charge in [0.05, 0.1) is 0 Å². The monoisotopic (exact) mass is 116 g/mol. The average Bonchev–Trinajstić information content (AvgIpc) is 1.00. The number of hydrogen-bond acceptors (Lipinski definition) is 2. The summed E-state index contributed by atoms with van der Waals surface area (Å²) in [5.41, 5.74) is 0. The molecule has 0 aromatic rings. The third-order valence-electron chi connectivity index (χ3n) is 0. The molecule has 0 amide bonds. The zero-order valence-corrected chi connectivity index (χ0v) is 4.95. The molecule has 0 fully saturated rings. The van der Waals surface area contributed by atoms with E-state index >= 15 is 0 Å². The van der Waals surface area contributed by atoms with Crippen molar-refractivity contribution < 1.29 is 0 Å². The quantitative estimate of drug-likeness (QED) is 0.279. The van der Waals surface area contributed by atoms with Crippen LogP contribution < -0.4 is 12.3 Å². The molecule has 6 N–H and O–H groups in total. The van der Waals surface area contributed by atoms with Crippen molar-refractivity contribution >= 4 is 39.9 Å². The first-order chi connectivity index (χ1) is 1.00. The van der Waals surface area contributed by atoms with Gasteiger partial charge >= 0.3 is 23.1 Å². The Bertz CT molecular complexity index is 13.7. The zero-order valence-electron chi connectivity index (χ0n) is 3.54. The van der Waals surface area contributed by atoms with Crippen LogP contribution in [0, 0.1) is 0 Å². The van der Waals surface area contributed by atoms with Crippen molar-refractivity contribution in [1.82, 2.24) is 12.3 Å². The van der Waals surface area contributed by atoms with Crippen molar-refractivity contribution in [3.63, 3.8) is 0 Å². The second-order valence-corrected chi connectivity index (χ2v) is 0. The van der Waals surface area contributed by atoms with E-state index in [4.69, 9.17) is 0 Å². The summed E-state index contributed by atoms with van der Waals surface area (Å²) in [5, 5.41) is 0. The van der Waals surface area contributed by atoms with E-state index in [0.717, 1.165) is 0 Å². The summed E-state index contributed by atoms with van der Waals surface area (Å²) in [4.78, 5) is 0. The predicted molar refractivity (Wildman–Crippen MR) is 49.7 cm³/mol. The Balaban J connectivity index is -0.000000000500. The molecule has 0 aromatic carbocycles. The molecule has 0 aromatic heterocycles. The van der Waals surface area contributed by atoms with Gasteiger partial charge in [0.1, 0.15) is 0 Å². The summed E-state index contributed by atoms with van der Waals surface area (Å²) < 4.78 is 0. The van der Waals surface area contributed by atoms with Crippen LogP contribution in [-0.4, -0.2) is 39.9 Å². The molecule has 0 spiro atoms. The van der Waals surface area contributed by atoms with E-state index in [1.165, 1.54) is 0 Å². The third-order valence-corrected chi connectivity index (χ3v) is 0. The van der Waals surface area contributed by atoms with Crippen LogP contribution in [0.2, 0.25) is 0 Å². The van der Waals surface area contributed by atoms with Crippen LogP contribution in [0.5, 0.6) is 0 Å². The summed E-state index contributed by atoms with van der Waals surface area (Å²) in [5.74, 6) is 0. The van der Waals surface area contributed by atoms with Crippen LogP contribution in [0.3, 0.4) is 0 Å². The van der Waals surface area contributed by atoms with Gasteiger partial charge in [-0.3, -0.25) is 0 Å². The fourth-order valence-corrected chi connectivity index (χ4v) is 0. The molecule has 0 radical (unpaired) electrons. The standard InChI is InChI=1S/C2H4.2BH4.Mg.2H3N/c1-2;;;;;/h1-2H2;2*1H4;;2*1H3/q;2*-1;+2;;. The van der Waals surface area contributed by atoms with E-state index in [2.05, 4.69) is 13.2 Å². The Hall–Kier alpha value is 0.556. The first kappa shape index (κ1) is 134. The van der Waals surface area contributed by atoms with Crippen LogP contribution in [0.25, 0.3) is 0 Å². The Morgan fingerprint density at radius 3 is 0.714 bits per heavy atom. The maximum atomic E-state index is 3.00. The molecule has 0 aliphatic heterocycles. The van der Waals surface area contributed by atoms with E-state index in [9.17, 15) is 0 Å². The largest absolute Gasteiger partial charge is 2.00 e. The minimum Gasteiger partial charge on any atom is -0.344 e. The molecule has 5 heteroatoms. The van der Waals surface area contributed by atoms with E-state index in [1.807, 2.05) is 0 Å². The van der Waals surface area contributed by atoms with Crippen LogP contribution in [0.15, 0.2) is 13.2 Å². The first-order valence-corrected chi connectivity index (χ1v) is 0.500. The third kappa shape index (κ3) is 440.